The van der Waals surface area contributed by atoms with Gasteiger partial charge in [-0.1, -0.05) is 139 Å². The summed E-state index contributed by atoms with van der Waals surface area (Å²) >= 11 is 0. The normalized spacial score (nSPS) is 31.1. The molecule has 4 aliphatic rings. The van der Waals surface area contributed by atoms with Gasteiger partial charge in [0.15, 0.2) is 0 Å². The van der Waals surface area contributed by atoms with E-state index < -0.39 is 0 Å². The highest BCUT2D eigenvalue weighted by molar-refractivity contribution is 4.81. The second-order valence-corrected chi connectivity index (χ2v) is 10.9. The van der Waals surface area contributed by atoms with E-state index in [0.29, 0.717) is 0 Å². The van der Waals surface area contributed by atoms with Crippen LogP contribution < -0.4 is 0 Å². The van der Waals surface area contributed by atoms with Gasteiger partial charge in [-0.05, 0) is 35.5 Å². The smallest absolute Gasteiger partial charge is 0.0386 e. The van der Waals surface area contributed by atoms with Gasteiger partial charge in [0.05, 0.1) is 0 Å². The Morgan fingerprint density at radius 1 is 0.370 bits per heavy atom. The Balaban J connectivity index is 0.000000357. The maximum Gasteiger partial charge on any atom is -0.0386 e. The molecule has 4 rings (SSSR count). The van der Waals surface area contributed by atoms with E-state index in [1.807, 2.05) is 0 Å². The number of hydrogen-bond acceptors (Lipinski definition) is 0. The minimum Gasteiger partial charge on any atom is -0.0776 e. The summed E-state index contributed by atoms with van der Waals surface area (Å²) in [5.74, 6) is 6.33. The van der Waals surface area contributed by atoms with E-state index in [-0.39, 0.29) is 7.43 Å². The fraction of sp³-hybridized carbons (Fsp3) is 1.00. The monoisotopic (exact) mass is 380 g/mol. The van der Waals surface area contributed by atoms with Crippen molar-refractivity contribution in [2.45, 2.75) is 139 Å². The minimum absolute atomic E-state index is 0. The Morgan fingerprint density at radius 2 is 0.519 bits per heavy atom. The van der Waals surface area contributed by atoms with Crippen LogP contribution in [0.25, 0.3) is 0 Å². The van der Waals surface area contributed by atoms with Crippen LogP contribution >= 0.6 is 0 Å². The standard InChI is InChI=1S/2C9H16.2C4H10.CH4/c2*1-2-5-9-7-3-6-8(9)4-1;2*1-4(2)3;/h2*8-9H,1-7H2;2*4H,1-3H3;1H4. The number of rotatable bonds is 0. The van der Waals surface area contributed by atoms with Crippen molar-refractivity contribution in [3.63, 3.8) is 0 Å². The van der Waals surface area contributed by atoms with Gasteiger partial charge in [0.2, 0.25) is 0 Å². The molecule has 0 spiro atoms. The Hall–Kier alpha value is 0. The third-order valence-corrected chi connectivity index (χ3v) is 6.43. The zero-order chi connectivity index (χ0) is 19.4. The average molecular weight is 381 g/mol. The van der Waals surface area contributed by atoms with Crippen molar-refractivity contribution >= 4 is 0 Å². The van der Waals surface area contributed by atoms with Gasteiger partial charge in [-0.2, -0.15) is 0 Å². The topological polar surface area (TPSA) is 0 Å². The second kappa shape index (κ2) is 15.9. The third-order valence-electron chi connectivity index (χ3n) is 6.43. The SMILES string of the molecule is C.C1CCC2CCCC2C1.C1CCC2CCCC2C1.CC(C)C.CC(C)C. The van der Waals surface area contributed by atoms with Crippen LogP contribution in [0.4, 0.5) is 0 Å². The molecule has 0 bridgehead atoms. The van der Waals surface area contributed by atoms with Gasteiger partial charge in [0.25, 0.3) is 0 Å². The summed E-state index contributed by atoms with van der Waals surface area (Å²) in [5.41, 5.74) is 0. The molecule has 4 atom stereocenters. The number of hydrogen-bond donors (Lipinski definition) is 0. The molecule has 4 aliphatic carbocycles. The van der Waals surface area contributed by atoms with E-state index in [1.54, 1.807) is 51.4 Å². The van der Waals surface area contributed by atoms with Gasteiger partial charge in [-0.3, -0.25) is 0 Å². The maximum atomic E-state index is 2.17. The first-order valence-electron chi connectivity index (χ1n) is 12.4. The van der Waals surface area contributed by atoms with E-state index in [4.69, 9.17) is 0 Å². The molecule has 4 fully saturated rings. The van der Waals surface area contributed by atoms with E-state index in [0.717, 1.165) is 11.8 Å². The lowest BCUT2D eigenvalue weighted by atomic mass is 9.82. The van der Waals surface area contributed by atoms with Gasteiger partial charge in [0, 0.05) is 0 Å². The molecular weight excluding hydrogens is 324 g/mol. The van der Waals surface area contributed by atoms with Crippen molar-refractivity contribution in [1.29, 1.82) is 0 Å². The molecule has 164 valence electrons. The molecule has 0 aromatic heterocycles. The molecule has 27 heavy (non-hydrogen) atoms. The molecule has 0 heterocycles. The highest BCUT2D eigenvalue weighted by Crippen LogP contribution is 2.42. The maximum absolute atomic E-state index is 2.17. The highest BCUT2D eigenvalue weighted by Gasteiger charge is 2.29. The molecule has 0 nitrogen and oxygen atoms in total. The van der Waals surface area contributed by atoms with Gasteiger partial charge < -0.3 is 0 Å². The summed E-state index contributed by atoms with van der Waals surface area (Å²) in [6.07, 6.45) is 21.7. The summed E-state index contributed by atoms with van der Waals surface area (Å²) in [5, 5.41) is 0. The molecule has 0 amide bonds. The van der Waals surface area contributed by atoms with Crippen LogP contribution in [0, 0.1) is 35.5 Å². The molecule has 0 aromatic carbocycles. The van der Waals surface area contributed by atoms with Crippen LogP contribution in [-0.4, -0.2) is 0 Å². The van der Waals surface area contributed by atoms with Crippen molar-refractivity contribution in [2.24, 2.45) is 35.5 Å². The van der Waals surface area contributed by atoms with E-state index in [9.17, 15) is 0 Å². The second-order valence-electron chi connectivity index (χ2n) is 10.9. The van der Waals surface area contributed by atoms with Crippen molar-refractivity contribution in [3.8, 4) is 0 Å². The summed E-state index contributed by atoms with van der Waals surface area (Å²) in [6.45, 7) is 13.0. The van der Waals surface area contributed by atoms with Gasteiger partial charge in [0.1, 0.15) is 0 Å². The van der Waals surface area contributed by atoms with Crippen LogP contribution in [0.1, 0.15) is 139 Å². The molecule has 0 aromatic rings. The van der Waals surface area contributed by atoms with Crippen molar-refractivity contribution in [1.82, 2.24) is 0 Å². The fourth-order valence-corrected chi connectivity index (χ4v) is 5.37. The summed E-state index contributed by atoms with van der Waals surface area (Å²) in [6, 6.07) is 0. The summed E-state index contributed by atoms with van der Waals surface area (Å²) in [7, 11) is 0. The molecule has 0 N–H and O–H groups in total. The Morgan fingerprint density at radius 3 is 0.704 bits per heavy atom. The number of fused-ring (bicyclic) bond motifs is 2. The third kappa shape index (κ3) is 13.0. The quantitative estimate of drug-likeness (QED) is 0.392. The lowest BCUT2D eigenvalue weighted by Gasteiger charge is -2.24. The Bertz CT molecular complexity index is 254. The van der Waals surface area contributed by atoms with Gasteiger partial charge in [-0.25, -0.2) is 0 Å². The van der Waals surface area contributed by atoms with Crippen molar-refractivity contribution in [3.05, 3.63) is 0 Å². The fourth-order valence-electron chi connectivity index (χ4n) is 5.37. The van der Waals surface area contributed by atoms with Crippen LogP contribution in [0.3, 0.4) is 0 Å². The predicted molar refractivity (Wildman–Crippen MR) is 126 cm³/mol. The van der Waals surface area contributed by atoms with Gasteiger partial charge in [-0.15, -0.1) is 0 Å². The van der Waals surface area contributed by atoms with E-state index >= 15 is 0 Å². The van der Waals surface area contributed by atoms with E-state index in [1.165, 1.54) is 62.2 Å². The lowest BCUT2D eigenvalue weighted by Crippen LogP contribution is -2.12. The molecule has 0 radical (unpaired) electrons. The van der Waals surface area contributed by atoms with Crippen LogP contribution in [-0.2, 0) is 0 Å². The molecule has 0 saturated heterocycles. The summed E-state index contributed by atoms with van der Waals surface area (Å²) < 4.78 is 0. The van der Waals surface area contributed by atoms with Crippen LogP contribution in [0.15, 0.2) is 0 Å². The van der Waals surface area contributed by atoms with Crippen LogP contribution in [0.2, 0.25) is 0 Å². The Labute approximate surface area is 174 Å². The predicted octanol–water partition coefficient (Wildman–Crippen LogP) is 9.91. The molecular formula is C27H56. The zero-order valence-electron chi connectivity index (χ0n) is 19.4. The molecule has 0 aliphatic heterocycles. The van der Waals surface area contributed by atoms with Crippen LogP contribution in [0.5, 0.6) is 0 Å². The van der Waals surface area contributed by atoms with E-state index in [2.05, 4.69) is 41.5 Å². The molecule has 0 heteroatoms. The average Bonchev–Trinajstić information content (AvgIpc) is 3.23. The lowest BCUT2D eigenvalue weighted by molar-refractivity contribution is 0.277. The minimum atomic E-state index is 0. The molecule has 4 unspecified atom stereocenters. The highest BCUT2D eigenvalue weighted by atomic mass is 14.3. The van der Waals surface area contributed by atoms with Gasteiger partial charge >= 0.3 is 0 Å². The molecule has 4 saturated carbocycles. The van der Waals surface area contributed by atoms with Crippen molar-refractivity contribution in [2.75, 3.05) is 0 Å². The first-order valence-corrected chi connectivity index (χ1v) is 12.4. The first-order chi connectivity index (χ1) is 12.4. The largest absolute Gasteiger partial charge is 0.0776 e. The Kier molecular flexibility index (Phi) is 15.9. The zero-order valence-corrected chi connectivity index (χ0v) is 19.4. The first kappa shape index (κ1) is 27.0. The van der Waals surface area contributed by atoms with Crippen molar-refractivity contribution < 1.29 is 0 Å². The summed E-state index contributed by atoms with van der Waals surface area (Å²) in [4.78, 5) is 0.